The van der Waals surface area contributed by atoms with Crippen LogP contribution in [-0.2, 0) is 0 Å². The maximum atomic E-state index is 12.2. The third-order valence-corrected chi connectivity index (χ3v) is 3.66. The molecule has 6 nitrogen and oxygen atoms in total. The van der Waals surface area contributed by atoms with Crippen molar-refractivity contribution in [3.8, 4) is 0 Å². The lowest BCUT2D eigenvalue weighted by atomic mass is 10.1. The Morgan fingerprint density at radius 3 is 2.65 bits per heavy atom. The predicted molar refractivity (Wildman–Crippen MR) is 90.6 cm³/mol. The molecule has 0 unspecified atom stereocenters. The number of alkyl halides is 3. The van der Waals surface area contributed by atoms with Crippen molar-refractivity contribution in [3.63, 3.8) is 0 Å². The van der Waals surface area contributed by atoms with Gasteiger partial charge in [0, 0.05) is 17.4 Å². The molecule has 0 spiro atoms. The fourth-order valence-corrected chi connectivity index (χ4v) is 2.39. The lowest BCUT2D eigenvalue weighted by Crippen LogP contribution is -2.33. The normalized spacial score (nSPS) is 11.6. The number of rotatable bonds is 4. The fourth-order valence-electron chi connectivity index (χ4n) is 2.39. The molecule has 2 heterocycles. The van der Waals surface area contributed by atoms with E-state index >= 15 is 0 Å². The lowest BCUT2D eigenvalue weighted by Gasteiger charge is -2.10. The van der Waals surface area contributed by atoms with Gasteiger partial charge in [-0.15, -0.1) is 5.10 Å². The summed E-state index contributed by atoms with van der Waals surface area (Å²) in [6, 6.07) is 8.33. The first-order valence-corrected chi connectivity index (χ1v) is 7.77. The van der Waals surface area contributed by atoms with Crippen LogP contribution >= 0.6 is 0 Å². The Bertz CT molecular complexity index is 965. The number of hydrogen-bond donors (Lipinski definition) is 2. The third kappa shape index (κ3) is 4.11. The van der Waals surface area contributed by atoms with Crippen molar-refractivity contribution in [1.29, 1.82) is 0 Å². The van der Waals surface area contributed by atoms with Crippen molar-refractivity contribution >= 4 is 23.2 Å². The fraction of sp³-hybridized carbons (Fsp3) is 0.235. The molecule has 0 bridgehead atoms. The summed E-state index contributed by atoms with van der Waals surface area (Å²) in [4.78, 5) is 16.1. The molecule has 3 rings (SSSR count). The number of aryl methyl sites for hydroxylation is 2. The highest BCUT2D eigenvalue weighted by atomic mass is 19.4. The summed E-state index contributed by atoms with van der Waals surface area (Å²) in [5.74, 6) is -0.397. The molecule has 136 valence electrons. The lowest BCUT2D eigenvalue weighted by molar-refractivity contribution is -0.123. The Hall–Kier alpha value is -3.10. The van der Waals surface area contributed by atoms with Crippen molar-refractivity contribution in [2.75, 3.05) is 11.9 Å². The zero-order chi connectivity index (χ0) is 18.9. The van der Waals surface area contributed by atoms with Crippen LogP contribution in [0.5, 0.6) is 0 Å². The summed E-state index contributed by atoms with van der Waals surface area (Å²) >= 11 is 0. The highest BCUT2D eigenvalue weighted by Crippen LogP contribution is 2.21. The van der Waals surface area contributed by atoms with E-state index < -0.39 is 18.6 Å². The molecule has 0 radical (unpaired) electrons. The molecule has 2 aromatic heterocycles. The SMILES string of the molecule is Cc1ccc2nc(Nc3ccc(C(=O)NCC(F)(F)F)cc3C)nn2c1. The molecule has 0 saturated heterocycles. The average molecular weight is 363 g/mol. The van der Waals surface area contributed by atoms with Gasteiger partial charge in [-0.1, -0.05) is 6.07 Å². The number of benzene rings is 1. The largest absolute Gasteiger partial charge is 0.405 e. The van der Waals surface area contributed by atoms with Crippen LogP contribution in [0.3, 0.4) is 0 Å². The van der Waals surface area contributed by atoms with Crippen molar-refractivity contribution in [2.24, 2.45) is 0 Å². The Labute approximate surface area is 147 Å². The van der Waals surface area contributed by atoms with Gasteiger partial charge >= 0.3 is 6.18 Å². The van der Waals surface area contributed by atoms with Crippen LogP contribution in [0.15, 0.2) is 36.5 Å². The molecule has 0 aliphatic carbocycles. The number of nitrogens with one attached hydrogen (secondary N) is 2. The van der Waals surface area contributed by atoms with E-state index in [4.69, 9.17) is 0 Å². The molecule has 3 aromatic rings. The van der Waals surface area contributed by atoms with Gasteiger partial charge in [-0.25, -0.2) is 4.52 Å². The number of hydrogen-bond acceptors (Lipinski definition) is 4. The summed E-state index contributed by atoms with van der Waals surface area (Å²) in [6.07, 6.45) is -2.60. The van der Waals surface area contributed by atoms with Gasteiger partial charge in [0.1, 0.15) is 6.54 Å². The second-order valence-electron chi connectivity index (χ2n) is 5.90. The maximum Gasteiger partial charge on any atom is 0.405 e. The molecule has 0 atom stereocenters. The quantitative estimate of drug-likeness (QED) is 0.745. The number of nitrogens with zero attached hydrogens (tertiary/aromatic N) is 3. The summed E-state index contributed by atoms with van der Waals surface area (Å²) in [7, 11) is 0. The van der Waals surface area contributed by atoms with Crippen LogP contribution < -0.4 is 10.6 Å². The van der Waals surface area contributed by atoms with E-state index in [9.17, 15) is 18.0 Å². The number of carbonyl (C=O) groups excluding carboxylic acids is 1. The highest BCUT2D eigenvalue weighted by Gasteiger charge is 2.27. The van der Waals surface area contributed by atoms with E-state index in [0.29, 0.717) is 22.8 Å². The Kier molecular flexibility index (Phi) is 4.54. The van der Waals surface area contributed by atoms with Gasteiger partial charge in [0.2, 0.25) is 5.95 Å². The molecule has 1 amide bonds. The zero-order valence-electron chi connectivity index (χ0n) is 14.1. The minimum Gasteiger partial charge on any atom is -0.343 e. The molecule has 0 aliphatic rings. The summed E-state index contributed by atoms with van der Waals surface area (Å²) in [6.45, 7) is 2.32. The van der Waals surface area contributed by atoms with Crippen molar-refractivity contribution < 1.29 is 18.0 Å². The van der Waals surface area contributed by atoms with Gasteiger partial charge < -0.3 is 10.6 Å². The van der Waals surface area contributed by atoms with Crippen LogP contribution in [-0.4, -0.2) is 33.2 Å². The minimum atomic E-state index is -4.45. The van der Waals surface area contributed by atoms with Gasteiger partial charge in [0.25, 0.3) is 5.91 Å². The standard InChI is InChI=1S/C17H16F3N5O/c1-10-3-6-14-23-16(24-25(14)8-10)22-13-5-4-12(7-11(13)2)15(26)21-9-17(18,19)20/h3-8H,9H2,1-2H3,(H,21,26)(H,22,24). The Balaban J connectivity index is 1.75. The second kappa shape index (κ2) is 6.66. The number of fused-ring (bicyclic) bond motifs is 1. The first-order chi connectivity index (χ1) is 12.2. The maximum absolute atomic E-state index is 12.2. The Morgan fingerprint density at radius 2 is 1.96 bits per heavy atom. The summed E-state index contributed by atoms with van der Waals surface area (Å²) in [5, 5.41) is 9.21. The van der Waals surface area contributed by atoms with Gasteiger partial charge in [-0.2, -0.15) is 18.2 Å². The first-order valence-electron chi connectivity index (χ1n) is 7.77. The second-order valence-corrected chi connectivity index (χ2v) is 5.90. The van der Waals surface area contributed by atoms with Crippen molar-refractivity contribution in [1.82, 2.24) is 19.9 Å². The van der Waals surface area contributed by atoms with E-state index in [1.165, 1.54) is 12.1 Å². The van der Waals surface area contributed by atoms with Crippen LogP contribution in [0.4, 0.5) is 24.8 Å². The summed E-state index contributed by atoms with van der Waals surface area (Å²) < 4.78 is 38.2. The number of halogens is 3. The average Bonchev–Trinajstić information content (AvgIpc) is 2.95. The molecule has 0 saturated carbocycles. The monoisotopic (exact) mass is 363 g/mol. The molecule has 1 aromatic carbocycles. The number of amides is 1. The van der Waals surface area contributed by atoms with Crippen molar-refractivity contribution in [2.45, 2.75) is 20.0 Å². The topological polar surface area (TPSA) is 71.3 Å². The predicted octanol–water partition coefficient (Wildman–Crippen LogP) is 3.38. The molecule has 9 heteroatoms. The van der Waals surface area contributed by atoms with Gasteiger partial charge in [-0.05, 0) is 49.2 Å². The molecule has 0 fully saturated rings. The van der Waals surface area contributed by atoms with E-state index in [1.54, 1.807) is 17.5 Å². The van der Waals surface area contributed by atoms with Crippen LogP contribution in [0.25, 0.3) is 5.65 Å². The number of anilines is 2. The minimum absolute atomic E-state index is 0.149. The van der Waals surface area contributed by atoms with Gasteiger partial charge in [0.15, 0.2) is 5.65 Å². The van der Waals surface area contributed by atoms with E-state index in [0.717, 1.165) is 5.56 Å². The van der Waals surface area contributed by atoms with Crippen LogP contribution in [0.1, 0.15) is 21.5 Å². The number of pyridine rings is 1. The van der Waals surface area contributed by atoms with E-state index in [2.05, 4.69) is 15.4 Å². The number of aromatic nitrogens is 3. The number of carbonyl (C=O) groups is 1. The van der Waals surface area contributed by atoms with Gasteiger partial charge in [0.05, 0.1) is 0 Å². The van der Waals surface area contributed by atoms with Crippen LogP contribution in [0, 0.1) is 13.8 Å². The first kappa shape index (κ1) is 17.7. The van der Waals surface area contributed by atoms with Crippen molar-refractivity contribution in [3.05, 3.63) is 53.2 Å². The Morgan fingerprint density at radius 1 is 1.19 bits per heavy atom. The summed E-state index contributed by atoms with van der Waals surface area (Å²) in [5.41, 5.74) is 3.21. The molecule has 2 N–H and O–H groups in total. The highest BCUT2D eigenvalue weighted by molar-refractivity contribution is 5.95. The molecular weight excluding hydrogens is 347 g/mol. The molecule has 26 heavy (non-hydrogen) atoms. The van der Waals surface area contributed by atoms with Gasteiger partial charge in [-0.3, -0.25) is 4.79 Å². The molecular formula is C17H16F3N5O. The smallest absolute Gasteiger partial charge is 0.343 e. The van der Waals surface area contributed by atoms with E-state index in [1.807, 2.05) is 30.6 Å². The van der Waals surface area contributed by atoms with E-state index in [-0.39, 0.29) is 5.56 Å². The molecule has 0 aliphatic heterocycles. The zero-order valence-corrected chi connectivity index (χ0v) is 14.1. The van der Waals surface area contributed by atoms with Crippen LogP contribution in [0.2, 0.25) is 0 Å². The third-order valence-electron chi connectivity index (χ3n) is 3.66.